The molecule has 3 rings (SSSR count). The average Bonchev–Trinajstić information content (AvgIpc) is 3.06. The molecule has 0 bridgehead atoms. The van der Waals surface area contributed by atoms with Gasteiger partial charge in [0.2, 0.25) is 5.76 Å². The predicted octanol–water partition coefficient (Wildman–Crippen LogP) is 1.83. The number of piperidine rings is 1. The normalized spacial score (nSPS) is 15.5. The van der Waals surface area contributed by atoms with Crippen LogP contribution in [-0.4, -0.2) is 36.2 Å². The van der Waals surface area contributed by atoms with E-state index in [1.807, 2.05) is 0 Å². The molecule has 0 atom stereocenters. The van der Waals surface area contributed by atoms with E-state index < -0.39 is 0 Å². The predicted molar refractivity (Wildman–Crippen MR) is 83.1 cm³/mol. The van der Waals surface area contributed by atoms with Gasteiger partial charge in [0.25, 0.3) is 5.91 Å². The highest BCUT2D eigenvalue weighted by Gasteiger charge is 2.21. The van der Waals surface area contributed by atoms with Gasteiger partial charge in [-0.15, -0.1) is 0 Å². The second-order valence-corrected chi connectivity index (χ2v) is 5.28. The molecule has 1 amide bonds. The second-order valence-electron chi connectivity index (χ2n) is 5.28. The Kier molecular flexibility index (Phi) is 4.34. The quantitative estimate of drug-likeness (QED) is 0.798. The minimum Gasteiger partial charge on any atom is -0.373 e. The third-order valence-electron chi connectivity index (χ3n) is 3.79. The molecule has 3 heterocycles. The Morgan fingerprint density at radius 1 is 1.36 bits per heavy atom. The fourth-order valence-corrected chi connectivity index (χ4v) is 2.51. The summed E-state index contributed by atoms with van der Waals surface area (Å²) in [4.78, 5) is 16.3. The van der Waals surface area contributed by atoms with Gasteiger partial charge in [0, 0.05) is 19.0 Å². The van der Waals surface area contributed by atoms with Crippen LogP contribution < -0.4 is 16.0 Å². The van der Waals surface area contributed by atoms with Gasteiger partial charge in [-0.1, -0.05) is 5.16 Å². The Bertz CT molecular complexity index is 632. The summed E-state index contributed by atoms with van der Waals surface area (Å²) in [5, 5.41) is 13.0. The van der Waals surface area contributed by atoms with Crippen molar-refractivity contribution in [2.24, 2.45) is 0 Å². The van der Waals surface area contributed by atoms with Crippen LogP contribution >= 0.6 is 0 Å². The van der Waals surface area contributed by atoms with Crippen LogP contribution in [0.2, 0.25) is 0 Å². The van der Waals surface area contributed by atoms with Crippen LogP contribution in [0.25, 0.3) is 0 Å². The lowest BCUT2D eigenvalue weighted by atomic mass is 9.94. The average molecular weight is 301 g/mol. The van der Waals surface area contributed by atoms with Gasteiger partial charge >= 0.3 is 0 Å². The number of nitrogens with one attached hydrogen (secondary N) is 3. The number of anilines is 2. The first kappa shape index (κ1) is 14.5. The summed E-state index contributed by atoms with van der Waals surface area (Å²) in [7, 11) is 1.79. The first-order valence-electron chi connectivity index (χ1n) is 7.39. The molecule has 22 heavy (non-hydrogen) atoms. The third-order valence-corrected chi connectivity index (χ3v) is 3.79. The maximum absolute atomic E-state index is 12.2. The summed E-state index contributed by atoms with van der Waals surface area (Å²) in [6.07, 6.45) is 3.62. The van der Waals surface area contributed by atoms with Crippen molar-refractivity contribution in [3.8, 4) is 0 Å². The highest BCUT2D eigenvalue weighted by atomic mass is 16.5. The molecule has 3 N–H and O–H groups in total. The molecule has 0 radical (unpaired) electrons. The number of pyridine rings is 1. The van der Waals surface area contributed by atoms with E-state index in [4.69, 9.17) is 4.52 Å². The summed E-state index contributed by atoms with van der Waals surface area (Å²) in [5.41, 5.74) is 1.47. The highest BCUT2D eigenvalue weighted by Crippen LogP contribution is 2.25. The van der Waals surface area contributed by atoms with E-state index in [-0.39, 0.29) is 11.7 Å². The maximum atomic E-state index is 12.2. The van der Waals surface area contributed by atoms with Gasteiger partial charge in [0.15, 0.2) is 0 Å². The molecule has 0 spiro atoms. The molecule has 0 saturated carbocycles. The molecule has 0 aliphatic carbocycles. The zero-order chi connectivity index (χ0) is 15.4. The van der Waals surface area contributed by atoms with Crippen molar-refractivity contribution in [3.05, 3.63) is 35.9 Å². The molecule has 0 aromatic carbocycles. The number of carbonyl (C=O) groups is 1. The van der Waals surface area contributed by atoms with Crippen molar-refractivity contribution < 1.29 is 9.32 Å². The lowest BCUT2D eigenvalue weighted by Gasteiger charge is -2.19. The van der Waals surface area contributed by atoms with Gasteiger partial charge in [-0.3, -0.25) is 4.79 Å². The van der Waals surface area contributed by atoms with Crippen LogP contribution in [0.15, 0.2) is 28.9 Å². The number of hydrogen-bond donors (Lipinski definition) is 3. The fraction of sp³-hybridized carbons (Fsp3) is 0.400. The van der Waals surface area contributed by atoms with Crippen LogP contribution in [-0.2, 0) is 0 Å². The van der Waals surface area contributed by atoms with Crippen LogP contribution in [0, 0.1) is 0 Å². The summed E-state index contributed by atoms with van der Waals surface area (Å²) in [6, 6.07) is 5.30. The minimum atomic E-state index is -0.313. The maximum Gasteiger partial charge on any atom is 0.294 e. The van der Waals surface area contributed by atoms with Crippen molar-refractivity contribution in [3.63, 3.8) is 0 Å². The van der Waals surface area contributed by atoms with Gasteiger partial charge in [0.05, 0.1) is 17.6 Å². The van der Waals surface area contributed by atoms with Crippen molar-refractivity contribution in [1.82, 2.24) is 15.5 Å². The van der Waals surface area contributed by atoms with Crippen molar-refractivity contribution in [2.75, 3.05) is 30.8 Å². The second kappa shape index (κ2) is 6.57. The zero-order valence-electron chi connectivity index (χ0n) is 12.4. The lowest BCUT2D eigenvalue weighted by Crippen LogP contribution is -2.26. The van der Waals surface area contributed by atoms with Gasteiger partial charge < -0.3 is 20.5 Å². The fourth-order valence-electron chi connectivity index (χ4n) is 2.51. The van der Waals surface area contributed by atoms with E-state index in [0.717, 1.165) is 37.4 Å². The van der Waals surface area contributed by atoms with Crippen LogP contribution in [0.4, 0.5) is 11.5 Å². The van der Waals surface area contributed by atoms with E-state index in [2.05, 4.69) is 26.1 Å². The topological polar surface area (TPSA) is 92.1 Å². The standard InChI is InChI=1S/C15H19N5O2/c1-16-14-3-2-11(9-18-14)19-15(21)13-8-12(20-22-13)10-4-6-17-7-5-10/h2-3,8-10,17H,4-7H2,1H3,(H,16,18)(H,19,21). The summed E-state index contributed by atoms with van der Waals surface area (Å²) >= 11 is 0. The number of rotatable bonds is 4. The van der Waals surface area contributed by atoms with E-state index in [9.17, 15) is 4.79 Å². The molecule has 2 aromatic heterocycles. The van der Waals surface area contributed by atoms with Crippen molar-refractivity contribution >= 4 is 17.4 Å². The third kappa shape index (κ3) is 3.25. The zero-order valence-corrected chi connectivity index (χ0v) is 12.4. The van der Waals surface area contributed by atoms with Crippen LogP contribution in [0.1, 0.15) is 35.0 Å². The Balaban J connectivity index is 1.65. The molecule has 0 unspecified atom stereocenters. The van der Waals surface area contributed by atoms with Gasteiger partial charge in [0.1, 0.15) is 5.82 Å². The number of hydrogen-bond acceptors (Lipinski definition) is 6. The van der Waals surface area contributed by atoms with Crippen LogP contribution in [0.5, 0.6) is 0 Å². The summed E-state index contributed by atoms with van der Waals surface area (Å²) < 4.78 is 5.18. The van der Waals surface area contributed by atoms with Crippen molar-refractivity contribution in [1.29, 1.82) is 0 Å². The highest BCUT2D eigenvalue weighted by molar-refractivity contribution is 6.02. The molecule has 1 aliphatic rings. The first-order chi connectivity index (χ1) is 10.8. The molecular formula is C15H19N5O2. The number of nitrogens with zero attached hydrogens (tertiary/aromatic N) is 2. The Morgan fingerprint density at radius 3 is 2.86 bits per heavy atom. The van der Waals surface area contributed by atoms with E-state index in [0.29, 0.717) is 11.6 Å². The smallest absolute Gasteiger partial charge is 0.294 e. The molecule has 1 saturated heterocycles. The van der Waals surface area contributed by atoms with Gasteiger partial charge in [-0.2, -0.15) is 0 Å². The van der Waals surface area contributed by atoms with E-state index in [1.165, 1.54) is 0 Å². The lowest BCUT2D eigenvalue weighted by molar-refractivity contribution is 0.0987. The Hall–Kier alpha value is -2.41. The number of carbonyl (C=O) groups excluding carboxylic acids is 1. The summed E-state index contributed by atoms with van der Waals surface area (Å²) in [6.45, 7) is 1.95. The molecular weight excluding hydrogens is 282 g/mol. The van der Waals surface area contributed by atoms with Gasteiger partial charge in [-0.05, 0) is 38.1 Å². The molecule has 2 aromatic rings. The SMILES string of the molecule is CNc1ccc(NC(=O)c2cc(C3CCNCC3)no2)cn1. The Morgan fingerprint density at radius 2 is 2.18 bits per heavy atom. The van der Waals surface area contributed by atoms with Gasteiger partial charge in [-0.25, -0.2) is 4.98 Å². The minimum absolute atomic E-state index is 0.228. The molecule has 1 fully saturated rings. The van der Waals surface area contributed by atoms with Crippen LogP contribution in [0.3, 0.4) is 0 Å². The monoisotopic (exact) mass is 301 g/mol. The number of aromatic nitrogens is 2. The summed E-state index contributed by atoms with van der Waals surface area (Å²) in [5.74, 6) is 1.02. The largest absolute Gasteiger partial charge is 0.373 e. The van der Waals surface area contributed by atoms with Crippen molar-refractivity contribution in [2.45, 2.75) is 18.8 Å². The number of amides is 1. The molecule has 116 valence electrons. The molecule has 7 heteroatoms. The molecule has 7 nitrogen and oxygen atoms in total. The Labute approximate surface area is 128 Å². The van der Waals surface area contributed by atoms with E-state index >= 15 is 0 Å². The van der Waals surface area contributed by atoms with E-state index in [1.54, 1.807) is 31.4 Å². The molecule has 1 aliphatic heterocycles. The first-order valence-corrected chi connectivity index (χ1v) is 7.39.